The van der Waals surface area contributed by atoms with E-state index in [1.165, 1.54) is 10.9 Å². The fourth-order valence-electron chi connectivity index (χ4n) is 4.01. The van der Waals surface area contributed by atoms with Crippen molar-refractivity contribution in [1.29, 1.82) is 5.26 Å². The number of anilines is 1. The normalized spacial score (nSPS) is 18.6. The third kappa shape index (κ3) is 4.65. The maximum Gasteiger partial charge on any atom is 0.425 e. The number of carbonyl (C=O) groups excluding carboxylic acids is 2. The lowest BCUT2D eigenvalue weighted by Crippen LogP contribution is -2.49. The molecule has 0 atom stereocenters. The number of hydrogen-bond donors (Lipinski definition) is 1. The Bertz CT molecular complexity index is 914. The highest BCUT2D eigenvalue weighted by atomic mass is 16.6. The Balaban J connectivity index is 1.76. The number of nitrogens with zero attached hydrogens (tertiary/aromatic N) is 5. The number of ether oxygens (including phenoxy) is 1. The number of carboxylic acid groups (broad SMARTS) is 1. The molecule has 2 fully saturated rings. The average molecular weight is 431 g/mol. The Morgan fingerprint density at radius 2 is 1.90 bits per heavy atom. The molecule has 31 heavy (non-hydrogen) atoms. The van der Waals surface area contributed by atoms with Gasteiger partial charge in [-0.1, -0.05) is 13.3 Å². The zero-order chi connectivity index (χ0) is 23.0. The summed E-state index contributed by atoms with van der Waals surface area (Å²) in [5.74, 6) is -0.0808. The summed E-state index contributed by atoms with van der Waals surface area (Å²) in [6.45, 7) is 8.02. The van der Waals surface area contributed by atoms with E-state index in [-0.39, 0.29) is 28.7 Å². The maximum atomic E-state index is 12.7. The van der Waals surface area contributed by atoms with Crippen molar-refractivity contribution >= 4 is 23.9 Å². The number of nitriles is 1. The quantitative estimate of drug-likeness (QED) is 0.775. The summed E-state index contributed by atoms with van der Waals surface area (Å²) >= 11 is 0. The summed E-state index contributed by atoms with van der Waals surface area (Å²) in [7, 11) is 0. The van der Waals surface area contributed by atoms with Crippen LogP contribution in [0.4, 0.5) is 15.4 Å². The van der Waals surface area contributed by atoms with Gasteiger partial charge in [-0.2, -0.15) is 15.3 Å². The van der Waals surface area contributed by atoms with Gasteiger partial charge in [-0.15, -0.1) is 0 Å². The molecule has 1 aliphatic heterocycles. The molecule has 10 nitrogen and oxygen atoms in total. The monoisotopic (exact) mass is 431 g/mol. The minimum Gasteiger partial charge on any atom is -0.464 e. The fourth-order valence-corrected chi connectivity index (χ4v) is 4.01. The molecule has 1 saturated carbocycles. The third-order valence-electron chi connectivity index (χ3n) is 5.91. The van der Waals surface area contributed by atoms with Gasteiger partial charge in [0.25, 0.3) is 0 Å². The number of aromatic nitrogens is 2. The zero-order valence-electron chi connectivity index (χ0n) is 18.4. The second-order valence-electron chi connectivity index (χ2n) is 9.49. The summed E-state index contributed by atoms with van der Waals surface area (Å²) in [4.78, 5) is 39.2. The van der Waals surface area contributed by atoms with Crippen LogP contribution in [0.25, 0.3) is 0 Å². The lowest BCUT2D eigenvalue weighted by atomic mass is 9.69. The number of imide groups is 1. The molecular weight excluding hydrogens is 402 g/mol. The second-order valence-corrected chi connectivity index (χ2v) is 9.49. The highest BCUT2D eigenvalue weighted by molar-refractivity contribution is 6.08. The van der Waals surface area contributed by atoms with Crippen LogP contribution >= 0.6 is 0 Å². The largest absolute Gasteiger partial charge is 0.464 e. The van der Waals surface area contributed by atoms with Crippen LogP contribution in [0.15, 0.2) is 6.20 Å². The van der Waals surface area contributed by atoms with Crippen LogP contribution < -0.4 is 4.90 Å². The van der Waals surface area contributed by atoms with Gasteiger partial charge in [-0.25, -0.2) is 9.59 Å². The van der Waals surface area contributed by atoms with Crippen molar-refractivity contribution in [3.63, 3.8) is 0 Å². The first-order valence-corrected chi connectivity index (χ1v) is 10.5. The molecular formula is C21H29N5O5. The molecule has 1 aromatic rings. The van der Waals surface area contributed by atoms with Crippen LogP contribution in [0.1, 0.15) is 71.4 Å². The Morgan fingerprint density at radius 3 is 2.35 bits per heavy atom. The topological polar surface area (TPSA) is 129 Å². The Morgan fingerprint density at radius 1 is 1.29 bits per heavy atom. The van der Waals surface area contributed by atoms with Gasteiger partial charge in [-0.3, -0.25) is 9.48 Å². The van der Waals surface area contributed by atoms with Gasteiger partial charge < -0.3 is 14.7 Å². The standard InChI is InChI=1S/C21H29N5O5/c1-20(2,3)31-19(30)26(18(28)29)16-14(12-22)13-25(23-16)15-6-10-24(11-7-15)17(27)21(4)8-5-9-21/h13,15H,5-11H2,1-4H3,(H,28,29). The summed E-state index contributed by atoms with van der Waals surface area (Å²) in [6.07, 6.45) is 2.96. The SMILES string of the molecule is CC(C)(C)OC(=O)N(C(=O)O)c1nn(C2CCN(C(=O)C3(C)CCC3)CC2)cc1C#N. The van der Waals surface area contributed by atoms with Crippen molar-refractivity contribution < 1.29 is 24.2 Å². The van der Waals surface area contributed by atoms with Crippen molar-refractivity contribution in [2.75, 3.05) is 18.0 Å². The van der Waals surface area contributed by atoms with Crippen molar-refractivity contribution in [3.05, 3.63) is 11.8 Å². The minimum absolute atomic E-state index is 0.0336. The van der Waals surface area contributed by atoms with Gasteiger partial charge >= 0.3 is 12.2 Å². The molecule has 2 heterocycles. The Labute approximate surface area is 181 Å². The van der Waals surface area contributed by atoms with E-state index in [2.05, 4.69) is 5.10 Å². The number of piperidine rings is 1. The Hall–Kier alpha value is -3.09. The van der Waals surface area contributed by atoms with Crippen molar-refractivity contribution in [2.45, 2.75) is 71.4 Å². The van der Waals surface area contributed by atoms with Gasteiger partial charge in [0.2, 0.25) is 5.91 Å². The average Bonchev–Trinajstić information content (AvgIpc) is 3.07. The number of hydrogen-bond acceptors (Lipinski definition) is 6. The number of amides is 3. The van der Waals surface area contributed by atoms with Crippen LogP contribution in [-0.2, 0) is 9.53 Å². The molecule has 1 N–H and O–H groups in total. The highest BCUT2D eigenvalue weighted by Crippen LogP contribution is 2.42. The highest BCUT2D eigenvalue weighted by Gasteiger charge is 2.42. The van der Waals surface area contributed by atoms with E-state index < -0.39 is 17.8 Å². The summed E-state index contributed by atoms with van der Waals surface area (Å²) in [5, 5.41) is 23.3. The number of likely N-dealkylation sites (tertiary alicyclic amines) is 1. The smallest absolute Gasteiger partial charge is 0.425 e. The lowest BCUT2D eigenvalue weighted by Gasteiger charge is -2.43. The maximum absolute atomic E-state index is 12.7. The van der Waals surface area contributed by atoms with E-state index in [1.54, 1.807) is 20.8 Å². The molecule has 3 rings (SSSR count). The van der Waals surface area contributed by atoms with Gasteiger partial charge in [0, 0.05) is 24.7 Å². The molecule has 0 aromatic carbocycles. The van der Waals surface area contributed by atoms with E-state index >= 15 is 0 Å². The van der Waals surface area contributed by atoms with E-state index in [1.807, 2.05) is 17.9 Å². The molecule has 0 unspecified atom stereocenters. The van der Waals surface area contributed by atoms with E-state index in [0.29, 0.717) is 30.8 Å². The van der Waals surface area contributed by atoms with Gasteiger partial charge in [0.05, 0.1) is 6.04 Å². The molecule has 10 heteroatoms. The molecule has 1 saturated heterocycles. The van der Waals surface area contributed by atoms with E-state index in [4.69, 9.17) is 4.74 Å². The first kappa shape index (κ1) is 22.6. The van der Waals surface area contributed by atoms with E-state index in [0.717, 1.165) is 19.3 Å². The van der Waals surface area contributed by atoms with Crippen LogP contribution in [-0.4, -0.2) is 56.6 Å². The Kier molecular flexibility index (Phi) is 5.98. The molecule has 168 valence electrons. The fraction of sp³-hybridized carbons (Fsp3) is 0.667. The first-order valence-electron chi connectivity index (χ1n) is 10.5. The molecule has 2 aliphatic rings. The van der Waals surface area contributed by atoms with Gasteiger partial charge in [0.1, 0.15) is 17.2 Å². The van der Waals surface area contributed by atoms with Crippen LogP contribution in [0.2, 0.25) is 0 Å². The second kappa shape index (κ2) is 8.21. The predicted molar refractivity (Wildman–Crippen MR) is 110 cm³/mol. The molecule has 0 bridgehead atoms. The van der Waals surface area contributed by atoms with Crippen molar-refractivity contribution in [1.82, 2.24) is 14.7 Å². The molecule has 0 spiro atoms. The number of rotatable bonds is 3. The van der Waals surface area contributed by atoms with Crippen molar-refractivity contribution in [2.24, 2.45) is 5.41 Å². The summed E-state index contributed by atoms with van der Waals surface area (Å²) in [5.41, 5.74) is -1.18. The van der Waals surface area contributed by atoms with Gasteiger partial charge in [-0.05, 0) is 46.5 Å². The van der Waals surface area contributed by atoms with Crippen LogP contribution in [0.3, 0.4) is 0 Å². The first-order chi connectivity index (χ1) is 14.4. The predicted octanol–water partition coefficient (Wildman–Crippen LogP) is 3.53. The zero-order valence-corrected chi connectivity index (χ0v) is 18.4. The molecule has 1 aliphatic carbocycles. The van der Waals surface area contributed by atoms with E-state index in [9.17, 15) is 24.8 Å². The molecule has 0 radical (unpaired) electrons. The molecule has 1 aromatic heterocycles. The third-order valence-corrected chi connectivity index (χ3v) is 5.91. The van der Waals surface area contributed by atoms with Gasteiger partial charge in [0.15, 0.2) is 5.82 Å². The van der Waals surface area contributed by atoms with Crippen LogP contribution in [0, 0.1) is 16.7 Å². The van der Waals surface area contributed by atoms with Crippen molar-refractivity contribution in [3.8, 4) is 6.07 Å². The minimum atomic E-state index is -1.58. The summed E-state index contributed by atoms with van der Waals surface area (Å²) in [6, 6.07) is 1.81. The molecule has 3 amide bonds. The number of carbonyl (C=O) groups is 3. The van der Waals surface area contributed by atoms with Crippen LogP contribution in [0.5, 0.6) is 0 Å². The lowest BCUT2D eigenvalue weighted by molar-refractivity contribution is -0.147. The summed E-state index contributed by atoms with van der Waals surface area (Å²) < 4.78 is 6.69.